The largest absolute Gasteiger partial charge is 0.459 e. The molecule has 2 aliphatic carbocycles. The molecule has 0 aromatic heterocycles. The van der Waals surface area contributed by atoms with E-state index in [1.807, 2.05) is 0 Å². The number of carbonyl (C=O) groups is 3. The molecule has 2 amide bonds. The third kappa shape index (κ3) is 5.31. The summed E-state index contributed by atoms with van der Waals surface area (Å²) < 4.78 is 50.1. The first-order valence-corrected chi connectivity index (χ1v) is 11.0. The van der Waals surface area contributed by atoms with Crippen molar-refractivity contribution >= 4 is 18.0 Å². The predicted molar refractivity (Wildman–Crippen MR) is 108 cm³/mol. The van der Waals surface area contributed by atoms with E-state index in [-0.39, 0.29) is 24.3 Å². The van der Waals surface area contributed by atoms with Crippen LogP contribution < -0.4 is 5.32 Å². The minimum Gasteiger partial charge on any atom is -0.459 e. The highest BCUT2D eigenvalue weighted by atomic mass is 19.4. The molecule has 3 fully saturated rings. The van der Waals surface area contributed by atoms with Crippen molar-refractivity contribution in [2.75, 3.05) is 6.54 Å². The molecular weight excluding hydrogens is 429 g/mol. The maximum absolute atomic E-state index is 13.0. The quantitative estimate of drug-likeness (QED) is 0.647. The summed E-state index contributed by atoms with van der Waals surface area (Å²) in [6.45, 7) is 10.5. The molecule has 3 bridgehead atoms. The Bertz CT molecular complexity index is 771. The summed E-state index contributed by atoms with van der Waals surface area (Å²) in [6, 6.07) is -1.16. The van der Waals surface area contributed by atoms with Crippen molar-refractivity contribution in [3.05, 3.63) is 0 Å². The summed E-state index contributed by atoms with van der Waals surface area (Å²) in [6.07, 6.45) is -6.41. The number of fused-ring (bicyclic) bond motifs is 2. The topological polar surface area (TPSA) is 84.9 Å². The first-order chi connectivity index (χ1) is 14.5. The minimum atomic E-state index is -4.63. The SMILES string of the molecule is CC(C)(C)OC(=O)NC1C2CC3CC1C(C2OC(=O)C(C)(C)C)N(C(=O)CC(F)(F)F)C3. The number of likely N-dealkylation sites (tertiary alicyclic amines) is 1. The van der Waals surface area contributed by atoms with Gasteiger partial charge < -0.3 is 19.7 Å². The third-order valence-corrected chi connectivity index (χ3v) is 6.36. The number of alkyl carbamates (subject to hydrolysis) is 1. The summed E-state index contributed by atoms with van der Waals surface area (Å²) in [4.78, 5) is 39.0. The van der Waals surface area contributed by atoms with Crippen LogP contribution in [0.3, 0.4) is 0 Å². The summed E-state index contributed by atoms with van der Waals surface area (Å²) in [7, 11) is 0. The van der Waals surface area contributed by atoms with E-state index in [2.05, 4.69) is 5.32 Å². The second-order valence-electron chi connectivity index (χ2n) is 11.3. The van der Waals surface area contributed by atoms with E-state index in [1.165, 1.54) is 4.90 Å². The molecule has 3 rings (SSSR count). The molecule has 1 saturated heterocycles. The molecule has 32 heavy (non-hydrogen) atoms. The van der Waals surface area contributed by atoms with Crippen LogP contribution in [0.25, 0.3) is 0 Å². The van der Waals surface area contributed by atoms with Gasteiger partial charge in [0.2, 0.25) is 5.91 Å². The Hall–Kier alpha value is -2.00. The number of nitrogens with one attached hydrogen (secondary N) is 1. The van der Waals surface area contributed by atoms with E-state index in [1.54, 1.807) is 41.5 Å². The monoisotopic (exact) mass is 462 g/mol. The minimum absolute atomic E-state index is 0.00606. The maximum Gasteiger partial charge on any atom is 0.407 e. The van der Waals surface area contributed by atoms with Gasteiger partial charge in [-0.3, -0.25) is 9.59 Å². The van der Waals surface area contributed by atoms with Crippen LogP contribution >= 0.6 is 0 Å². The Morgan fingerprint density at radius 3 is 2.12 bits per heavy atom. The predicted octanol–water partition coefficient (Wildman–Crippen LogP) is 3.66. The fourth-order valence-electron chi connectivity index (χ4n) is 5.28. The molecule has 3 aliphatic rings. The van der Waals surface area contributed by atoms with Crippen LogP contribution in [0.1, 0.15) is 60.8 Å². The highest BCUT2D eigenvalue weighted by Gasteiger charge is 2.63. The van der Waals surface area contributed by atoms with Crippen LogP contribution in [-0.4, -0.2) is 59.4 Å². The zero-order valence-corrected chi connectivity index (χ0v) is 19.4. The zero-order chi connectivity index (χ0) is 24.2. The maximum atomic E-state index is 13.0. The normalized spacial score (nSPS) is 32.0. The van der Waals surface area contributed by atoms with Crippen molar-refractivity contribution in [3.8, 4) is 0 Å². The van der Waals surface area contributed by atoms with Crippen LogP contribution in [0, 0.1) is 23.2 Å². The number of hydrogen-bond acceptors (Lipinski definition) is 5. The summed E-state index contributed by atoms with van der Waals surface area (Å²) in [5.41, 5.74) is -1.53. The molecule has 1 heterocycles. The lowest BCUT2D eigenvalue weighted by Gasteiger charge is -2.45. The van der Waals surface area contributed by atoms with Gasteiger partial charge in [0.1, 0.15) is 18.1 Å². The highest BCUT2D eigenvalue weighted by molar-refractivity contribution is 5.78. The number of esters is 1. The van der Waals surface area contributed by atoms with Crippen molar-refractivity contribution < 1.29 is 37.0 Å². The molecule has 7 nitrogen and oxygen atoms in total. The summed E-state index contributed by atoms with van der Waals surface area (Å²) in [5.74, 6) is -2.13. The van der Waals surface area contributed by atoms with E-state index in [0.29, 0.717) is 12.8 Å². The Kier molecular flexibility index (Phi) is 6.23. The Balaban J connectivity index is 1.90. The molecule has 1 N–H and O–H groups in total. The second kappa shape index (κ2) is 8.09. The van der Waals surface area contributed by atoms with Gasteiger partial charge in [0.25, 0.3) is 0 Å². The Morgan fingerprint density at radius 2 is 1.59 bits per heavy atom. The average Bonchev–Trinajstić information content (AvgIpc) is 2.70. The van der Waals surface area contributed by atoms with Gasteiger partial charge in [-0.2, -0.15) is 13.2 Å². The van der Waals surface area contributed by atoms with Gasteiger partial charge in [-0.25, -0.2) is 4.79 Å². The van der Waals surface area contributed by atoms with E-state index >= 15 is 0 Å². The van der Waals surface area contributed by atoms with E-state index < -0.39 is 59.8 Å². The first-order valence-electron chi connectivity index (χ1n) is 11.0. The Morgan fingerprint density at radius 1 is 1.00 bits per heavy atom. The molecule has 6 unspecified atom stereocenters. The molecule has 0 spiro atoms. The van der Waals surface area contributed by atoms with Crippen molar-refractivity contribution in [3.63, 3.8) is 0 Å². The number of amides is 2. The Labute approximate surface area is 186 Å². The number of piperidine rings is 1. The first kappa shape index (κ1) is 24.6. The molecule has 182 valence electrons. The molecular formula is C22H33F3N2O5. The van der Waals surface area contributed by atoms with Crippen LogP contribution in [0.15, 0.2) is 0 Å². The molecule has 0 radical (unpaired) electrons. The third-order valence-electron chi connectivity index (χ3n) is 6.36. The summed E-state index contributed by atoms with van der Waals surface area (Å²) in [5, 5.41) is 2.86. The fourth-order valence-corrected chi connectivity index (χ4v) is 5.28. The van der Waals surface area contributed by atoms with Crippen molar-refractivity contribution in [1.29, 1.82) is 0 Å². The van der Waals surface area contributed by atoms with Gasteiger partial charge in [0, 0.05) is 24.4 Å². The number of hydrogen-bond donors (Lipinski definition) is 1. The standard InChI is InChI=1S/C22H33F3N2O5/c1-20(2,3)18(29)31-17-13-8-11-7-12(15(13)26-19(30)32-21(4,5)6)16(17)27(10-11)14(28)9-22(23,24)25/h11-13,15-17H,7-10H2,1-6H3,(H,26,30). The molecule has 6 atom stereocenters. The second-order valence-corrected chi connectivity index (χ2v) is 11.3. The van der Waals surface area contributed by atoms with E-state index in [9.17, 15) is 27.6 Å². The zero-order valence-electron chi connectivity index (χ0n) is 19.4. The highest BCUT2D eigenvalue weighted by Crippen LogP contribution is 2.52. The molecule has 10 heteroatoms. The number of rotatable bonds is 3. The number of carbonyl (C=O) groups excluding carboxylic acids is 3. The number of nitrogens with zero attached hydrogens (tertiary/aromatic N) is 1. The van der Waals surface area contributed by atoms with Crippen LogP contribution in [0.5, 0.6) is 0 Å². The lowest BCUT2D eigenvalue weighted by Crippen LogP contribution is -2.57. The van der Waals surface area contributed by atoms with E-state index in [4.69, 9.17) is 9.47 Å². The lowest BCUT2D eigenvalue weighted by atomic mass is 9.74. The van der Waals surface area contributed by atoms with Crippen LogP contribution in [0.4, 0.5) is 18.0 Å². The van der Waals surface area contributed by atoms with Gasteiger partial charge in [-0.15, -0.1) is 0 Å². The van der Waals surface area contributed by atoms with Crippen LogP contribution in [0.2, 0.25) is 0 Å². The van der Waals surface area contributed by atoms with Crippen molar-refractivity contribution in [2.24, 2.45) is 23.2 Å². The number of ether oxygens (including phenoxy) is 2. The molecule has 0 aromatic rings. The summed E-state index contributed by atoms with van der Waals surface area (Å²) >= 11 is 0. The van der Waals surface area contributed by atoms with Gasteiger partial charge in [-0.05, 0) is 60.3 Å². The molecule has 2 saturated carbocycles. The van der Waals surface area contributed by atoms with Gasteiger partial charge in [0.05, 0.1) is 11.5 Å². The van der Waals surface area contributed by atoms with Gasteiger partial charge in [-0.1, -0.05) is 0 Å². The van der Waals surface area contributed by atoms with Gasteiger partial charge >= 0.3 is 18.2 Å². The van der Waals surface area contributed by atoms with Crippen LogP contribution in [-0.2, 0) is 19.1 Å². The molecule has 1 aliphatic heterocycles. The number of halogens is 3. The van der Waals surface area contributed by atoms with Crippen molar-refractivity contribution in [1.82, 2.24) is 10.2 Å². The van der Waals surface area contributed by atoms with Gasteiger partial charge in [0.15, 0.2) is 0 Å². The number of alkyl halides is 3. The van der Waals surface area contributed by atoms with Crippen molar-refractivity contribution in [2.45, 2.75) is 90.8 Å². The lowest BCUT2D eigenvalue weighted by molar-refractivity contribution is -0.173. The fraction of sp³-hybridized carbons (Fsp3) is 0.864. The molecule has 0 aromatic carbocycles. The van der Waals surface area contributed by atoms with E-state index in [0.717, 1.165) is 0 Å². The average molecular weight is 463 g/mol. The smallest absolute Gasteiger partial charge is 0.407 e.